The van der Waals surface area contributed by atoms with Gasteiger partial charge >= 0.3 is 0 Å². The molecular formula is C16H24N2O2S. The van der Waals surface area contributed by atoms with Gasteiger partial charge in [-0.25, -0.2) is 8.42 Å². The lowest BCUT2D eigenvalue weighted by atomic mass is 10.2. The highest BCUT2D eigenvalue weighted by atomic mass is 32.2. The minimum absolute atomic E-state index is 0.179. The third-order valence-electron chi connectivity index (χ3n) is 4.57. The average molecular weight is 308 g/mol. The zero-order valence-electron chi connectivity index (χ0n) is 12.4. The molecule has 0 spiro atoms. The molecule has 1 aromatic carbocycles. The standard InChI is InChI=1S/C16H24N2O2S/c19-21(20)11-3-4-16(21)13-17-12-14-5-7-15(8-6-14)18-9-1-2-10-18/h5-8,16-17H,1-4,9-13H2. The van der Waals surface area contributed by atoms with Gasteiger partial charge in [-0.2, -0.15) is 0 Å². The number of hydrogen-bond donors (Lipinski definition) is 1. The normalized spacial score (nSPS) is 24.6. The first kappa shape index (κ1) is 14.9. The zero-order chi connectivity index (χ0) is 14.7. The molecule has 0 radical (unpaired) electrons. The topological polar surface area (TPSA) is 49.4 Å². The fourth-order valence-electron chi connectivity index (χ4n) is 3.26. The third-order valence-corrected chi connectivity index (χ3v) is 6.85. The van der Waals surface area contributed by atoms with E-state index >= 15 is 0 Å². The van der Waals surface area contributed by atoms with Crippen molar-refractivity contribution in [1.29, 1.82) is 0 Å². The van der Waals surface area contributed by atoms with Gasteiger partial charge in [0, 0.05) is 31.9 Å². The van der Waals surface area contributed by atoms with Crippen LogP contribution < -0.4 is 10.2 Å². The summed E-state index contributed by atoms with van der Waals surface area (Å²) < 4.78 is 23.5. The first-order chi connectivity index (χ1) is 10.1. The number of rotatable bonds is 5. The van der Waals surface area contributed by atoms with E-state index in [9.17, 15) is 8.42 Å². The van der Waals surface area contributed by atoms with Crippen LogP contribution in [0, 0.1) is 0 Å². The Morgan fingerprint density at radius 3 is 2.43 bits per heavy atom. The number of sulfone groups is 1. The average Bonchev–Trinajstić information content (AvgIpc) is 3.10. The predicted octanol–water partition coefficient (Wildman–Crippen LogP) is 1.95. The molecule has 2 heterocycles. The molecule has 1 N–H and O–H groups in total. The SMILES string of the molecule is O=S1(=O)CCCC1CNCc1ccc(N2CCCC2)cc1. The van der Waals surface area contributed by atoms with Gasteiger partial charge in [0.2, 0.25) is 0 Å². The van der Waals surface area contributed by atoms with Crippen molar-refractivity contribution in [3.63, 3.8) is 0 Å². The van der Waals surface area contributed by atoms with E-state index in [1.807, 2.05) is 0 Å². The first-order valence-electron chi connectivity index (χ1n) is 7.91. The van der Waals surface area contributed by atoms with Crippen molar-refractivity contribution in [2.75, 3.05) is 30.3 Å². The quantitative estimate of drug-likeness (QED) is 0.903. The van der Waals surface area contributed by atoms with Crippen molar-refractivity contribution in [3.05, 3.63) is 29.8 Å². The van der Waals surface area contributed by atoms with Gasteiger partial charge in [-0.1, -0.05) is 12.1 Å². The molecule has 5 heteroatoms. The van der Waals surface area contributed by atoms with E-state index in [0.29, 0.717) is 12.3 Å². The minimum Gasteiger partial charge on any atom is -0.372 e. The largest absolute Gasteiger partial charge is 0.372 e. The number of nitrogens with zero attached hydrogens (tertiary/aromatic N) is 1. The smallest absolute Gasteiger partial charge is 0.154 e. The fourth-order valence-corrected chi connectivity index (χ4v) is 5.06. The van der Waals surface area contributed by atoms with Gasteiger partial charge in [-0.05, 0) is 43.4 Å². The maximum Gasteiger partial charge on any atom is 0.154 e. The molecule has 0 aromatic heterocycles. The molecule has 2 saturated heterocycles. The van der Waals surface area contributed by atoms with Crippen LogP contribution in [0.25, 0.3) is 0 Å². The number of benzene rings is 1. The second-order valence-electron chi connectivity index (χ2n) is 6.12. The van der Waals surface area contributed by atoms with Crippen molar-refractivity contribution in [1.82, 2.24) is 5.32 Å². The highest BCUT2D eigenvalue weighted by molar-refractivity contribution is 7.92. The Morgan fingerprint density at radius 1 is 1.10 bits per heavy atom. The Morgan fingerprint density at radius 2 is 1.81 bits per heavy atom. The van der Waals surface area contributed by atoms with Gasteiger partial charge in [0.25, 0.3) is 0 Å². The molecule has 1 atom stereocenters. The van der Waals surface area contributed by atoms with Crippen molar-refractivity contribution in [2.45, 2.75) is 37.5 Å². The Labute approximate surface area is 127 Å². The van der Waals surface area contributed by atoms with Crippen LogP contribution in [0.2, 0.25) is 0 Å². The summed E-state index contributed by atoms with van der Waals surface area (Å²) in [5.74, 6) is 0.365. The maximum atomic E-state index is 11.8. The van der Waals surface area contributed by atoms with Crippen LogP contribution in [0.1, 0.15) is 31.2 Å². The fraction of sp³-hybridized carbons (Fsp3) is 0.625. The van der Waals surface area contributed by atoms with Crippen molar-refractivity contribution >= 4 is 15.5 Å². The van der Waals surface area contributed by atoms with Crippen LogP contribution in [0.15, 0.2) is 24.3 Å². The van der Waals surface area contributed by atoms with Gasteiger partial charge in [-0.3, -0.25) is 0 Å². The Kier molecular flexibility index (Phi) is 4.50. The number of nitrogens with one attached hydrogen (secondary N) is 1. The molecule has 1 aromatic rings. The molecule has 4 nitrogen and oxygen atoms in total. The highest BCUT2D eigenvalue weighted by Gasteiger charge is 2.30. The molecule has 0 saturated carbocycles. The molecular weight excluding hydrogens is 284 g/mol. The minimum atomic E-state index is -2.83. The molecule has 0 bridgehead atoms. The lowest BCUT2D eigenvalue weighted by Crippen LogP contribution is -2.30. The van der Waals surface area contributed by atoms with E-state index in [1.54, 1.807) is 0 Å². The van der Waals surface area contributed by atoms with Gasteiger partial charge in [-0.15, -0.1) is 0 Å². The van der Waals surface area contributed by atoms with Crippen molar-refractivity contribution in [2.24, 2.45) is 0 Å². The van der Waals surface area contributed by atoms with Crippen molar-refractivity contribution in [3.8, 4) is 0 Å². The lowest BCUT2D eigenvalue weighted by Gasteiger charge is -2.18. The second kappa shape index (κ2) is 6.36. The summed E-state index contributed by atoms with van der Waals surface area (Å²) in [6.07, 6.45) is 4.21. The molecule has 1 unspecified atom stereocenters. The van der Waals surface area contributed by atoms with Crippen LogP contribution in [-0.2, 0) is 16.4 Å². The van der Waals surface area contributed by atoms with Gasteiger partial charge < -0.3 is 10.2 Å². The summed E-state index contributed by atoms with van der Waals surface area (Å²) in [6, 6.07) is 8.64. The molecule has 0 aliphatic carbocycles. The lowest BCUT2D eigenvalue weighted by molar-refractivity contribution is 0.574. The van der Waals surface area contributed by atoms with Gasteiger partial charge in [0.15, 0.2) is 9.84 Å². The summed E-state index contributed by atoms with van der Waals surface area (Å²) in [5.41, 5.74) is 2.52. The van der Waals surface area contributed by atoms with E-state index in [4.69, 9.17) is 0 Å². The maximum absolute atomic E-state index is 11.8. The van der Waals surface area contributed by atoms with Gasteiger partial charge in [0.1, 0.15) is 0 Å². The van der Waals surface area contributed by atoms with Crippen LogP contribution in [0.3, 0.4) is 0 Å². The van der Waals surface area contributed by atoms with E-state index in [-0.39, 0.29) is 5.25 Å². The first-order valence-corrected chi connectivity index (χ1v) is 9.63. The van der Waals surface area contributed by atoms with Crippen LogP contribution in [0.5, 0.6) is 0 Å². The number of anilines is 1. The Hall–Kier alpha value is -1.07. The molecule has 2 aliphatic rings. The molecule has 3 rings (SSSR count). The second-order valence-corrected chi connectivity index (χ2v) is 8.52. The van der Waals surface area contributed by atoms with Crippen molar-refractivity contribution < 1.29 is 8.42 Å². The molecule has 0 amide bonds. The Bertz CT molecular complexity index is 562. The Balaban J connectivity index is 1.49. The zero-order valence-corrected chi connectivity index (χ0v) is 13.2. The molecule has 2 aliphatic heterocycles. The van der Waals surface area contributed by atoms with E-state index in [0.717, 1.165) is 32.5 Å². The highest BCUT2D eigenvalue weighted by Crippen LogP contribution is 2.21. The predicted molar refractivity (Wildman–Crippen MR) is 86.4 cm³/mol. The monoisotopic (exact) mass is 308 g/mol. The van der Waals surface area contributed by atoms with Crippen LogP contribution in [0.4, 0.5) is 5.69 Å². The molecule has 116 valence electrons. The number of hydrogen-bond acceptors (Lipinski definition) is 4. The summed E-state index contributed by atoms with van der Waals surface area (Å²) in [7, 11) is -2.83. The third kappa shape index (κ3) is 3.58. The van der Waals surface area contributed by atoms with E-state index in [2.05, 4.69) is 34.5 Å². The molecule has 2 fully saturated rings. The summed E-state index contributed by atoms with van der Waals surface area (Å²) in [5, 5.41) is 3.12. The van der Waals surface area contributed by atoms with Crippen LogP contribution in [-0.4, -0.2) is 39.1 Å². The summed E-state index contributed by atoms with van der Waals surface area (Å²) in [6.45, 7) is 3.65. The van der Waals surface area contributed by atoms with E-state index in [1.165, 1.54) is 24.1 Å². The molecule has 21 heavy (non-hydrogen) atoms. The van der Waals surface area contributed by atoms with Crippen LogP contribution >= 0.6 is 0 Å². The van der Waals surface area contributed by atoms with Gasteiger partial charge in [0.05, 0.1) is 11.0 Å². The summed E-state index contributed by atoms with van der Waals surface area (Å²) >= 11 is 0. The summed E-state index contributed by atoms with van der Waals surface area (Å²) in [4.78, 5) is 2.42. The van der Waals surface area contributed by atoms with E-state index < -0.39 is 9.84 Å².